The van der Waals surface area contributed by atoms with Crippen molar-refractivity contribution in [1.82, 2.24) is 10.2 Å². The molecule has 30 heavy (non-hydrogen) atoms. The summed E-state index contributed by atoms with van der Waals surface area (Å²) in [5.74, 6) is 0.638. The molecule has 4 rings (SSSR count). The fraction of sp³-hybridized carbons (Fsp3) is 0.462. The minimum Gasteiger partial charge on any atom is -0.351 e. The van der Waals surface area contributed by atoms with Gasteiger partial charge in [-0.3, -0.25) is 9.59 Å². The fourth-order valence-electron chi connectivity index (χ4n) is 4.79. The van der Waals surface area contributed by atoms with Gasteiger partial charge in [-0.1, -0.05) is 55.0 Å². The largest absolute Gasteiger partial charge is 0.351 e. The normalized spacial score (nSPS) is 26.2. The van der Waals surface area contributed by atoms with Crippen LogP contribution in [0.4, 0.5) is 0 Å². The van der Waals surface area contributed by atoms with Gasteiger partial charge >= 0.3 is 0 Å². The molecule has 4 heteroatoms. The Morgan fingerprint density at radius 3 is 2.43 bits per heavy atom. The molecule has 1 heterocycles. The van der Waals surface area contributed by atoms with Gasteiger partial charge in [0, 0.05) is 24.6 Å². The number of carbonyl (C=O) groups excluding carboxylic acids is 2. The maximum absolute atomic E-state index is 13.6. The number of benzene rings is 2. The van der Waals surface area contributed by atoms with Crippen molar-refractivity contribution in [3.63, 3.8) is 0 Å². The van der Waals surface area contributed by atoms with Crippen molar-refractivity contribution in [2.45, 2.75) is 71.0 Å². The Hall–Kier alpha value is -2.62. The van der Waals surface area contributed by atoms with Gasteiger partial charge < -0.3 is 10.2 Å². The van der Waals surface area contributed by atoms with Crippen LogP contribution in [0.3, 0.4) is 0 Å². The summed E-state index contributed by atoms with van der Waals surface area (Å²) in [6.45, 7) is 6.68. The zero-order valence-corrected chi connectivity index (χ0v) is 18.3. The number of carbonyl (C=O) groups is 2. The van der Waals surface area contributed by atoms with Crippen molar-refractivity contribution in [3.8, 4) is 0 Å². The van der Waals surface area contributed by atoms with Gasteiger partial charge in [0.15, 0.2) is 0 Å². The maximum atomic E-state index is 13.6. The van der Waals surface area contributed by atoms with Crippen LogP contribution in [0.1, 0.15) is 66.6 Å². The number of hydrogen-bond donors (Lipinski definition) is 1. The molecule has 0 bridgehead atoms. The first-order valence-electron chi connectivity index (χ1n) is 11.1. The summed E-state index contributed by atoms with van der Waals surface area (Å²) < 4.78 is 0. The van der Waals surface area contributed by atoms with Crippen LogP contribution in [-0.2, 0) is 17.8 Å². The predicted octanol–water partition coefficient (Wildman–Crippen LogP) is 4.65. The van der Waals surface area contributed by atoms with Crippen LogP contribution in [0.5, 0.6) is 0 Å². The van der Waals surface area contributed by atoms with Gasteiger partial charge in [0.2, 0.25) is 5.91 Å². The number of nitrogens with one attached hydrogen (secondary N) is 1. The van der Waals surface area contributed by atoms with Crippen LogP contribution in [0.25, 0.3) is 0 Å². The first-order valence-corrected chi connectivity index (χ1v) is 11.1. The Labute approximate surface area is 179 Å². The van der Waals surface area contributed by atoms with Crippen LogP contribution >= 0.6 is 0 Å². The molecule has 1 N–H and O–H groups in total. The zero-order valence-electron chi connectivity index (χ0n) is 18.3. The number of nitrogens with zero attached hydrogens (tertiary/aromatic N) is 1. The molecule has 0 saturated heterocycles. The van der Waals surface area contributed by atoms with Crippen molar-refractivity contribution in [2.24, 2.45) is 5.92 Å². The van der Waals surface area contributed by atoms with Gasteiger partial charge in [-0.2, -0.15) is 0 Å². The lowest BCUT2D eigenvalue weighted by Crippen LogP contribution is -2.63. The molecule has 1 aliphatic carbocycles. The van der Waals surface area contributed by atoms with Gasteiger partial charge in [0.25, 0.3) is 5.91 Å². The molecule has 2 aromatic rings. The second kappa shape index (κ2) is 8.25. The predicted molar refractivity (Wildman–Crippen MR) is 119 cm³/mol. The summed E-state index contributed by atoms with van der Waals surface area (Å²) in [6, 6.07) is 16.1. The number of hydrogen-bond acceptors (Lipinski definition) is 2. The number of fused-ring (bicyclic) bond motifs is 1. The lowest BCUT2D eigenvalue weighted by atomic mass is 9.81. The summed E-state index contributed by atoms with van der Waals surface area (Å²) in [5, 5.41) is 3.29. The molecule has 1 unspecified atom stereocenters. The highest BCUT2D eigenvalue weighted by molar-refractivity contribution is 6.02. The van der Waals surface area contributed by atoms with Crippen molar-refractivity contribution < 1.29 is 9.59 Å². The van der Waals surface area contributed by atoms with E-state index in [4.69, 9.17) is 0 Å². The molecule has 1 aliphatic heterocycles. The highest BCUT2D eigenvalue weighted by atomic mass is 16.2. The van der Waals surface area contributed by atoms with Gasteiger partial charge in [-0.05, 0) is 62.6 Å². The van der Waals surface area contributed by atoms with Gasteiger partial charge in [0.1, 0.15) is 5.54 Å². The van der Waals surface area contributed by atoms with E-state index in [9.17, 15) is 9.59 Å². The Morgan fingerprint density at radius 2 is 1.73 bits per heavy atom. The van der Waals surface area contributed by atoms with E-state index in [0.29, 0.717) is 18.5 Å². The molecular formula is C26H32N2O2. The molecule has 0 aromatic heterocycles. The molecule has 0 radical (unpaired) electrons. The van der Waals surface area contributed by atoms with Crippen molar-refractivity contribution in [1.29, 1.82) is 0 Å². The maximum Gasteiger partial charge on any atom is 0.255 e. The lowest BCUT2D eigenvalue weighted by molar-refractivity contribution is -0.133. The zero-order chi connectivity index (χ0) is 21.3. The smallest absolute Gasteiger partial charge is 0.255 e. The second-order valence-corrected chi connectivity index (χ2v) is 9.41. The van der Waals surface area contributed by atoms with Gasteiger partial charge in [0.05, 0.1) is 0 Å². The van der Waals surface area contributed by atoms with E-state index in [1.165, 1.54) is 5.56 Å². The Morgan fingerprint density at radius 1 is 1.07 bits per heavy atom. The van der Waals surface area contributed by atoms with E-state index in [1.807, 2.05) is 43.3 Å². The summed E-state index contributed by atoms with van der Waals surface area (Å²) >= 11 is 0. The molecule has 2 aromatic carbocycles. The molecule has 2 amide bonds. The summed E-state index contributed by atoms with van der Waals surface area (Å²) in [7, 11) is 0. The minimum absolute atomic E-state index is 0.0305. The Balaban J connectivity index is 1.63. The van der Waals surface area contributed by atoms with Gasteiger partial charge in [-0.25, -0.2) is 0 Å². The number of amides is 2. The monoisotopic (exact) mass is 404 g/mol. The van der Waals surface area contributed by atoms with E-state index in [-0.39, 0.29) is 17.9 Å². The quantitative estimate of drug-likeness (QED) is 0.807. The average Bonchev–Trinajstić information content (AvgIpc) is 2.74. The molecule has 0 spiro atoms. The average molecular weight is 405 g/mol. The fourth-order valence-corrected chi connectivity index (χ4v) is 4.79. The summed E-state index contributed by atoms with van der Waals surface area (Å²) in [6.07, 6.45) is 4.87. The summed E-state index contributed by atoms with van der Waals surface area (Å²) in [5.41, 5.74) is 2.98. The summed E-state index contributed by atoms with van der Waals surface area (Å²) in [4.78, 5) is 28.8. The SMILES string of the molecule is Cc1ccc(CN2C(=O)c3ccccc3CC2(C)C(=O)NC2CCC(C)CC2)cc1. The second-order valence-electron chi connectivity index (χ2n) is 9.41. The van der Waals surface area contributed by atoms with E-state index < -0.39 is 5.54 Å². The molecule has 4 nitrogen and oxygen atoms in total. The first kappa shape index (κ1) is 20.6. The molecule has 2 aliphatic rings. The van der Waals surface area contributed by atoms with Crippen LogP contribution in [0.2, 0.25) is 0 Å². The molecule has 1 saturated carbocycles. The minimum atomic E-state index is -0.903. The van der Waals surface area contributed by atoms with Crippen LogP contribution in [-0.4, -0.2) is 28.3 Å². The molecule has 1 atom stereocenters. The Kier molecular flexibility index (Phi) is 5.68. The van der Waals surface area contributed by atoms with Crippen LogP contribution in [0.15, 0.2) is 48.5 Å². The molecule has 158 valence electrons. The number of rotatable bonds is 4. The lowest BCUT2D eigenvalue weighted by Gasteiger charge is -2.45. The molecular weight excluding hydrogens is 372 g/mol. The van der Waals surface area contributed by atoms with E-state index in [2.05, 4.69) is 31.3 Å². The number of aryl methyl sites for hydroxylation is 1. The third-order valence-electron chi connectivity index (χ3n) is 6.92. The highest BCUT2D eigenvalue weighted by Gasteiger charge is 2.47. The van der Waals surface area contributed by atoms with Crippen LogP contribution < -0.4 is 5.32 Å². The van der Waals surface area contributed by atoms with E-state index in [1.54, 1.807) is 4.90 Å². The van der Waals surface area contributed by atoms with E-state index in [0.717, 1.165) is 42.7 Å². The third kappa shape index (κ3) is 4.00. The van der Waals surface area contributed by atoms with Crippen molar-refractivity contribution in [2.75, 3.05) is 0 Å². The highest BCUT2D eigenvalue weighted by Crippen LogP contribution is 2.33. The topological polar surface area (TPSA) is 49.4 Å². The Bertz CT molecular complexity index is 928. The van der Waals surface area contributed by atoms with Gasteiger partial charge in [-0.15, -0.1) is 0 Å². The third-order valence-corrected chi connectivity index (χ3v) is 6.92. The van der Waals surface area contributed by atoms with E-state index >= 15 is 0 Å². The standard InChI is InChI=1S/C26H32N2O2/c1-18-8-12-20(13-9-18)17-28-24(29)23-7-5-4-6-21(23)16-26(28,3)25(30)27-22-14-10-19(2)11-15-22/h4-9,12-13,19,22H,10-11,14-17H2,1-3H3,(H,27,30). The first-order chi connectivity index (χ1) is 14.4. The van der Waals surface area contributed by atoms with Crippen molar-refractivity contribution in [3.05, 3.63) is 70.8 Å². The molecule has 1 fully saturated rings. The van der Waals surface area contributed by atoms with Crippen LogP contribution in [0, 0.1) is 12.8 Å². The van der Waals surface area contributed by atoms with Crippen molar-refractivity contribution >= 4 is 11.8 Å².